The predicted molar refractivity (Wildman–Crippen MR) is 122 cm³/mol. The number of hydrogen-bond donors (Lipinski definition) is 6. The van der Waals surface area contributed by atoms with Crippen molar-refractivity contribution in [1.82, 2.24) is 10.6 Å². The van der Waals surface area contributed by atoms with E-state index in [0.717, 1.165) is 58.4 Å². The van der Waals surface area contributed by atoms with Crippen molar-refractivity contribution in [2.45, 2.75) is 78.2 Å². The summed E-state index contributed by atoms with van der Waals surface area (Å²) in [5.74, 6) is 0. The van der Waals surface area contributed by atoms with Gasteiger partial charge in [0.2, 0.25) is 0 Å². The third-order valence-corrected chi connectivity index (χ3v) is 4.98. The number of unbranched alkanes of at least 4 members (excludes halogenated alkanes) is 3. The minimum Gasteiger partial charge on any atom is -0.330 e. The quantitative estimate of drug-likeness (QED) is 0.316. The van der Waals surface area contributed by atoms with Crippen molar-refractivity contribution in [3.8, 4) is 0 Å². The monoisotopic (exact) mass is 388 g/mol. The molecule has 0 amide bonds. The third-order valence-electron chi connectivity index (χ3n) is 4.98. The van der Waals surface area contributed by atoms with E-state index in [4.69, 9.17) is 22.9 Å². The highest BCUT2D eigenvalue weighted by Crippen LogP contribution is 2.44. The summed E-state index contributed by atoms with van der Waals surface area (Å²) in [5.41, 5.74) is 22.9. The molecule has 0 radical (unpaired) electrons. The zero-order valence-electron chi connectivity index (χ0n) is 19.1. The number of nitrogens with one attached hydrogen (secondary N) is 2. The molecule has 0 aliphatic heterocycles. The first kappa shape index (κ1) is 29.0. The molecule has 166 valence electrons. The summed E-state index contributed by atoms with van der Waals surface area (Å²) in [6, 6.07) is 0.349. The van der Waals surface area contributed by atoms with Gasteiger partial charge in [0.15, 0.2) is 0 Å². The lowest BCUT2D eigenvalue weighted by molar-refractivity contribution is 0.0904. The second-order valence-electron chi connectivity index (χ2n) is 9.08. The molecule has 2 atom stereocenters. The molecule has 1 fully saturated rings. The Labute approximate surface area is 170 Å². The minimum atomic E-state index is 0.279. The van der Waals surface area contributed by atoms with Gasteiger partial charge in [0.05, 0.1) is 0 Å². The normalized spacial score (nSPS) is 23.7. The molecule has 27 heavy (non-hydrogen) atoms. The Morgan fingerprint density at radius 3 is 1.59 bits per heavy atom. The molecule has 1 aliphatic carbocycles. The van der Waals surface area contributed by atoms with Crippen molar-refractivity contribution in [2.75, 3.05) is 46.8 Å². The summed E-state index contributed by atoms with van der Waals surface area (Å²) >= 11 is 0. The molecular weight excluding hydrogens is 336 g/mol. The van der Waals surface area contributed by atoms with Crippen molar-refractivity contribution in [1.29, 1.82) is 0 Å². The number of nitrogens with two attached hydrogens (primary N) is 4. The minimum absolute atomic E-state index is 0.279. The van der Waals surface area contributed by atoms with Crippen LogP contribution in [0.5, 0.6) is 0 Å². The van der Waals surface area contributed by atoms with Crippen LogP contribution in [0.3, 0.4) is 0 Å². The standard InChI is InChI=1S/C10H22N2.C6H16N2.C5H14N2/c1-9(2)4-8(12)5-10(3,6-9)7-11;1-7-5-3-4-6-8-2;6-4-2-1-3-5-7/h8H,4-7,11-12H2,1-3H3;7-8H,3-6H2,1-2H3;1-7H2. The molecule has 0 heterocycles. The van der Waals surface area contributed by atoms with Crippen LogP contribution in [-0.2, 0) is 0 Å². The van der Waals surface area contributed by atoms with E-state index >= 15 is 0 Å². The van der Waals surface area contributed by atoms with Crippen molar-refractivity contribution < 1.29 is 0 Å². The lowest BCUT2D eigenvalue weighted by Crippen LogP contribution is -2.45. The first-order chi connectivity index (χ1) is 12.7. The fraction of sp³-hybridized carbons (Fsp3) is 1.00. The molecule has 1 saturated carbocycles. The molecule has 0 aromatic rings. The van der Waals surface area contributed by atoms with E-state index in [0.29, 0.717) is 11.5 Å². The zero-order valence-corrected chi connectivity index (χ0v) is 19.1. The lowest BCUT2D eigenvalue weighted by Gasteiger charge is -2.45. The third kappa shape index (κ3) is 18.9. The van der Waals surface area contributed by atoms with E-state index in [1.165, 1.54) is 25.7 Å². The average molecular weight is 389 g/mol. The van der Waals surface area contributed by atoms with Crippen LogP contribution >= 0.6 is 0 Å². The van der Waals surface area contributed by atoms with Crippen LogP contribution in [0.25, 0.3) is 0 Å². The topological polar surface area (TPSA) is 128 Å². The zero-order chi connectivity index (χ0) is 21.2. The van der Waals surface area contributed by atoms with E-state index in [1.807, 2.05) is 14.1 Å². The molecule has 0 aromatic carbocycles. The van der Waals surface area contributed by atoms with E-state index in [-0.39, 0.29) is 5.41 Å². The van der Waals surface area contributed by atoms with Gasteiger partial charge in [-0.25, -0.2) is 0 Å². The van der Waals surface area contributed by atoms with Gasteiger partial charge in [0.25, 0.3) is 0 Å². The van der Waals surface area contributed by atoms with Gasteiger partial charge in [0.1, 0.15) is 0 Å². The fourth-order valence-electron chi connectivity index (χ4n) is 3.94. The van der Waals surface area contributed by atoms with Gasteiger partial charge in [0, 0.05) is 6.04 Å². The van der Waals surface area contributed by atoms with Crippen LogP contribution in [-0.4, -0.2) is 52.9 Å². The van der Waals surface area contributed by atoms with Gasteiger partial charge >= 0.3 is 0 Å². The van der Waals surface area contributed by atoms with Crippen LogP contribution in [0, 0.1) is 10.8 Å². The Hall–Kier alpha value is -0.240. The first-order valence-electron chi connectivity index (χ1n) is 10.8. The lowest BCUT2D eigenvalue weighted by atomic mass is 9.63. The Balaban J connectivity index is 0. The summed E-state index contributed by atoms with van der Waals surface area (Å²) in [6.07, 6.45) is 9.43. The summed E-state index contributed by atoms with van der Waals surface area (Å²) in [6.45, 7) is 11.5. The number of hydrogen-bond acceptors (Lipinski definition) is 6. The van der Waals surface area contributed by atoms with Crippen LogP contribution in [0.2, 0.25) is 0 Å². The van der Waals surface area contributed by atoms with Gasteiger partial charge < -0.3 is 33.6 Å². The highest BCUT2D eigenvalue weighted by Gasteiger charge is 2.38. The molecule has 0 spiro atoms. The molecule has 0 saturated heterocycles. The molecule has 6 heteroatoms. The second-order valence-corrected chi connectivity index (χ2v) is 9.08. The van der Waals surface area contributed by atoms with E-state index in [2.05, 4.69) is 31.4 Å². The van der Waals surface area contributed by atoms with Crippen LogP contribution in [0.1, 0.15) is 72.1 Å². The van der Waals surface area contributed by atoms with E-state index in [1.54, 1.807) is 0 Å². The SMILES string of the molecule is CC1(C)CC(N)CC(C)(CN)C1.CNCCCCNC.NCCCCCN. The largest absolute Gasteiger partial charge is 0.330 e. The maximum absolute atomic E-state index is 6.01. The molecule has 6 nitrogen and oxygen atoms in total. The van der Waals surface area contributed by atoms with E-state index < -0.39 is 0 Å². The van der Waals surface area contributed by atoms with Gasteiger partial charge in [-0.3, -0.25) is 0 Å². The Kier molecular flexibility index (Phi) is 19.1. The molecule has 2 unspecified atom stereocenters. The van der Waals surface area contributed by atoms with Gasteiger partial charge in [-0.2, -0.15) is 0 Å². The predicted octanol–water partition coefficient (Wildman–Crippen LogP) is 1.77. The van der Waals surface area contributed by atoms with Crippen LogP contribution in [0.15, 0.2) is 0 Å². The molecular formula is C21H52N6. The number of rotatable bonds is 10. The van der Waals surface area contributed by atoms with Crippen molar-refractivity contribution in [2.24, 2.45) is 33.8 Å². The molecule has 10 N–H and O–H groups in total. The summed E-state index contributed by atoms with van der Waals surface area (Å²) in [5, 5.41) is 6.20. The summed E-state index contributed by atoms with van der Waals surface area (Å²) in [7, 11) is 3.97. The van der Waals surface area contributed by atoms with Crippen molar-refractivity contribution in [3.05, 3.63) is 0 Å². The van der Waals surface area contributed by atoms with Gasteiger partial charge in [-0.15, -0.1) is 0 Å². The van der Waals surface area contributed by atoms with Crippen LogP contribution < -0.4 is 33.6 Å². The Morgan fingerprint density at radius 1 is 0.778 bits per heavy atom. The van der Waals surface area contributed by atoms with Crippen LogP contribution in [0.4, 0.5) is 0 Å². The summed E-state index contributed by atoms with van der Waals surface area (Å²) < 4.78 is 0. The highest BCUT2D eigenvalue weighted by molar-refractivity contribution is 4.93. The smallest absolute Gasteiger partial charge is 0.00495 e. The van der Waals surface area contributed by atoms with Crippen molar-refractivity contribution in [3.63, 3.8) is 0 Å². The molecule has 0 bridgehead atoms. The first-order valence-corrected chi connectivity index (χ1v) is 10.8. The van der Waals surface area contributed by atoms with Gasteiger partial charge in [-0.05, 0) is 103 Å². The fourth-order valence-corrected chi connectivity index (χ4v) is 3.94. The Bertz CT molecular complexity index is 301. The van der Waals surface area contributed by atoms with Crippen molar-refractivity contribution >= 4 is 0 Å². The maximum Gasteiger partial charge on any atom is 0.00495 e. The molecule has 1 rings (SSSR count). The van der Waals surface area contributed by atoms with E-state index in [9.17, 15) is 0 Å². The molecule has 1 aliphatic rings. The summed E-state index contributed by atoms with van der Waals surface area (Å²) in [4.78, 5) is 0. The second kappa shape index (κ2) is 17.8. The average Bonchev–Trinajstić information content (AvgIpc) is 2.58. The maximum atomic E-state index is 6.01. The molecule has 0 aromatic heterocycles. The highest BCUT2D eigenvalue weighted by atomic mass is 14.8. The Morgan fingerprint density at radius 2 is 1.26 bits per heavy atom. The van der Waals surface area contributed by atoms with Gasteiger partial charge in [-0.1, -0.05) is 27.2 Å².